The molecule has 0 spiro atoms. The molecular formula is C17H32O3. The molecule has 1 rings (SSSR count). The number of carbonyl (C=O) groups is 1. The van der Waals surface area contributed by atoms with Crippen molar-refractivity contribution in [3.05, 3.63) is 0 Å². The van der Waals surface area contributed by atoms with Gasteiger partial charge in [-0.3, -0.25) is 4.79 Å². The molecule has 118 valence electrons. The molecule has 0 aromatic rings. The van der Waals surface area contributed by atoms with Crippen molar-refractivity contribution in [2.75, 3.05) is 6.61 Å². The van der Waals surface area contributed by atoms with Crippen LogP contribution in [-0.4, -0.2) is 18.4 Å². The zero-order valence-electron chi connectivity index (χ0n) is 14.0. The largest absolute Gasteiger partial charge is 0.432 e. The van der Waals surface area contributed by atoms with E-state index in [0.29, 0.717) is 18.9 Å². The summed E-state index contributed by atoms with van der Waals surface area (Å²) in [5.74, 6) is -0.587. The van der Waals surface area contributed by atoms with Crippen molar-refractivity contribution in [3.63, 3.8) is 0 Å². The van der Waals surface area contributed by atoms with Crippen LogP contribution >= 0.6 is 0 Å². The predicted octanol–water partition coefficient (Wildman–Crippen LogP) is 4.69. The SMILES string of the molecule is CCOC(OC(=O)CC)(C1CCCCC1)C(C)(C)CC. The Bertz CT molecular complexity index is 305. The van der Waals surface area contributed by atoms with Gasteiger partial charge in [-0.2, -0.15) is 0 Å². The van der Waals surface area contributed by atoms with Crippen LogP contribution in [0.1, 0.15) is 79.6 Å². The number of ether oxygens (including phenoxy) is 2. The Morgan fingerprint density at radius 3 is 2.15 bits per heavy atom. The second-order valence-corrected chi connectivity index (χ2v) is 6.50. The molecule has 1 fully saturated rings. The summed E-state index contributed by atoms with van der Waals surface area (Å²) in [5, 5.41) is 0. The van der Waals surface area contributed by atoms with Crippen LogP contribution in [0.3, 0.4) is 0 Å². The lowest BCUT2D eigenvalue weighted by atomic mass is 9.69. The first-order valence-electron chi connectivity index (χ1n) is 8.29. The summed E-state index contributed by atoms with van der Waals surface area (Å²) >= 11 is 0. The second kappa shape index (κ2) is 7.44. The summed E-state index contributed by atoms with van der Waals surface area (Å²) in [6.45, 7) is 10.9. The number of rotatable bonds is 7. The van der Waals surface area contributed by atoms with Gasteiger partial charge in [0.1, 0.15) is 0 Å². The molecule has 1 atom stereocenters. The molecule has 1 aliphatic rings. The minimum absolute atomic E-state index is 0.148. The lowest BCUT2D eigenvalue weighted by Crippen LogP contribution is -2.56. The molecule has 20 heavy (non-hydrogen) atoms. The molecule has 0 N–H and O–H groups in total. The predicted molar refractivity (Wildman–Crippen MR) is 81.4 cm³/mol. The standard InChI is InChI=1S/C17H32O3/c1-6-15(18)20-17(19-8-3,16(4,5)7-2)14-12-10-9-11-13-14/h14H,6-13H2,1-5H3. The summed E-state index contributed by atoms with van der Waals surface area (Å²) in [5.41, 5.74) is -0.171. The van der Waals surface area contributed by atoms with Gasteiger partial charge in [0.2, 0.25) is 5.79 Å². The third-order valence-electron chi connectivity index (χ3n) is 4.88. The molecular weight excluding hydrogens is 252 g/mol. The topological polar surface area (TPSA) is 35.5 Å². The lowest BCUT2D eigenvalue weighted by Gasteiger charge is -2.50. The first-order chi connectivity index (χ1) is 9.43. The molecule has 0 aromatic heterocycles. The molecule has 0 aromatic carbocycles. The van der Waals surface area contributed by atoms with Crippen LogP contribution in [0.15, 0.2) is 0 Å². The van der Waals surface area contributed by atoms with E-state index in [9.17, 15) is 4.79 Å². The van der Waals surface area contributed by atoms with Crippen molar-refractivity contribution in [3.8, 4) is 0 Å². The molecule has 0 heterocycles. The molecule has 0 radical (unpaired) electrons. The van der Waals surface area contributed by atoms with E-state index >= 15 is 0 Å². The Labute approximate surface area is 124 Å². The van der Waals surface area contributed by atoms with E-state index in [-0.39, 0.29) is 11.4 Å². The lowest BCUT2D eigenvalue weighted by molar-refractivity contribution is -0.307. The molecule has 1 aliphatic carbocycles. The first-order valence-corrected chi connectivity index (χ1v) is 8.29. The van der Waals surface area contributed by atoms with E-state index in [2.05, 4.69) is 20.8 Å². The quantitative estimate of drug-likeness (QED) is 0.502. The van der Waals surface area contributed by atoms with Crippen LogP contribution < -0.4 is 0 Å². The average Bonchev–Trinajstić information content (AvgIpc) is 2.47. The van der Waals surface area contributed by atoms with Crippen molar-refractivity contribution in [1.82, 2.24) is 0 Å². The molecule has 3 heteroatoms. The van der Waals surface area contributed by atoms with Gasteiger partial charge in [0.25, 0.3) is 0 Å². The third-order valence-corrected chi connectivity index (χ3v) is 4.88. The van der Waals surface area contributed by atoms with Crippen LogP contribution in [0.2, 0.25) is 0 Å². The van der Waals surface area contributed by atoms with E-state index in [0.717, 1.165) is 19.3 Å². The highest BCUT2D eigenvalue weighted by atomic mass is 16.7. The fourth-order valence-corrected chi connectivity index (χ4v) is 3.30. The van der Waals surface area contributed by atoms with Crippen LogP contribution in [-0.2, 0) is 14.3 Å². The van der Waals surface area contributed by atoms with Crippen molar-refractivity contribution in [2.24, 2.45) is 11.3 Å². The van der Waals surface area contributed by atoms with E-state index in [1.807, 2.05) is 13.8 Å². The Morgan fingerprint density at radius 1 is 1.10 bits per heavy atom. The van der Waals surface area contributed by atoms with Crippen LogP contribution in [0.5, 0.6) is 0 Å². The van der Waals surface area contributed by atoms with Gasteiger partial charge in [0.05, 0.1) is 0 Å². The normalized spacial score (nSPS) is 20.4. The Balaban J connectivity index is 3.13. The zero-order chi connectivity index (χ0) is 15.2. The molecule has 0 aliphatic heterocycles. The Kier molecular flexibility index (Phi) is 6.50. The van der Waals surface area contributed by atoms with Crippen LogP contribution in [0, 0.1) is 11.3 Å². The molecule has 1 saturated carbocycles. The van der Waals surface area contributed by atoms with Gasteiger partial charge in [-0.25, -0.2) is 0 Å². The minimum atomic E-state index is -0.760. The molecule has 3 nitrogen and oxygen atoms in total. The summed E-state index contributed by atoms with van der Waals surface area (Å²) < 4.78 is 12.1. The van der Waals surface area contributed by atoms with Crippen molar-refractivity contribution < 1.29 is 14.3 Å². The fourth-order valence-electron chi connectivity index (χ4n) is 3.30. The third kappa shape index (κ3) is 3.55. The Hall–Kier alpha value is -0.570. The summed E-state index contributed by atoms with van der Waals surface area (Å²) in [7, 11) is 0. The van der Waals surface area contributed by atoms with Gasteiger partial charge >= 0.3 is 5.97 Å². The maximum absolute atomic E-state index is 12.0. The summed E-state index contributed by atoms with van der Waals surface area (Å²) in [4.78, 5) is 12.0. The first kappa shape index (κ1) is 17.5. The van der Waals surface area contributed by atoms with Gasteiger partial charge in [-0.1, -0.05) is 47.0 Å². The van der Waals surface area contributed by atoms with E-state index in [4.69, 9.17) is 9.47 Å². The average molecular weight is 284 g/mol. The number of hydrogen-bond donors (Lipinski definition) is 0. The summed E-state index contributed by atoms with van der Waals surface area (Å²) in [6, 6.07) is 0. The molecule has 1 unspecified atom stereocenters. The monoisotopic (exact) mass is 284 g/mol. The van der Waals surface area contributed by atoms with Gasteiger partial charge in [-0.15, -0.1) is 0 Å². The van der Waals surface area contributed by atoms with E-state index in [1.54, 1.807) is 0 Å². The Morgan fingerprint density at radius 2 is 1.70 bits per heavy atom. The second-order valence-electron chi connectivity index (χ2n) is 6.50. The smallest absolute Gasteiger partial charge is 0.308 e. The molecule has 0 bridgehead atoms. The van der Waals surface area contributed by atoms with Crippen molar-refractivity contribution in [1.29, 1.82) is 0 Å². The maximum Gasteiger partial charge on any atom is 0.308 e. The van der Waals surface area contributed by atoms with Crippen LogP contribution in [0.4, 0.5) is 0 Å². The van der Waals surface area contributed by atoms with Crippen molar-refractivity contribution in [2.45, 2.75) is 85.4 Å². The highest BCUT2D eigenvalue weighted by molar-refractivity contribution is 5.69. The van der Waals surface area contributed by atoms with Gasteiger partial charge < -0.3 is 9.47 Å². The number of hydrogen-bond acceptors (Lipinski definition) is 3. The van der Waals surface area contributed by atoms with Crippen molar-refractivity contribution >= 4 is 5.97 Å². The minimum Gasteiger partial charge on any atom is -0.432 e. The van der Waals surface area contributed by atoms with E-state index < -0.39 is 5.79 Å². The molecule has 0 saturated heterocycles. The number of carbonyl (C=O) groups excluding carboxylic acids is 1. The van der Waals surface area contributed by atoms with Gasteiger partial charge in [0, 0.05) is 24.4 Å². The number of esters is 1. The zero-order valence-corrected chi connectivity index (χ0v) is 14.0. The summed E-state index contributed by atoms with van der Waals surface area (Å²) in [6.07, 6.45) is 7.24. The van der Waals surface area contributed by atoms with E-state index in [1.165, 1.54) is 19.3 Å². The van der Waals surface area contributed by atoms with Gasteiger partial charge in [-0.05, 0) is 26.2 Å². The highest BCUT2D eigenvalue weighted by Crippen LogP contribution is 2.48. The van der Waals surface area contributed by atoms with Gasteiger partial charge in [0.15, 0.2) is 0 Å². The maximum atomic E-state index is 12.0. The van der Waals surface area contributed by atoms with Crippen LogP contribution in [0.25, 0.3) is 0 Å². The fraction of sp³-hybridized carbons (Fsp3) is 0.941. The molecule has 0 amide bonds. The highest BCUT2D eigenvalue weighted by Gasteiger charge is 2.54.